The van der Waals surface area contributed by atoms with Crippen molar-refractivity contribution in [1.82, 2.24) is 0 Å². The van der Waals surface area contributed by atoms with Crippen LogP contribution in [0.1, 0.15) is 29.8 Å². The van der Waals surface area contributed by atoms with Crippen LogP contribution in [0.15, 0.2) is 39.5 Å². The fourth-order valence-corrected chi connectivity index (χ4v) is 3.58. The molecule has 1 atom stereocenters. The van der Waals surface area contributed by atoms with Crippen molar-refractivity contribution in [2.45, 2.75) is 24.8 Å². The second kappa shape index (κ2) is 6.22. The number of rotatable bonds is 4. The molecular formula is C14H14Br2OS. The molecule has 0 fully saturated rings. The van der Waals surface area contributed by atoms with Crippen molar-refractivity contribution >= 4 is 43.2 Å². The van der Waals surface area contributed by atoms with Crippen LogP contribution in [0.5, 0.6) is 5.75 Å². The quantitative estimate of drug-likeness (QED) is 0.602. The molecule has 2 aromatic rings. The molecule has 0 saturated heterocycles. The fraction of sp³-hybridized carbons (Fsp3) is 0.286. The number of hydrogen-bond donors (Lipinski definition) is 0. The van der Waals surface area contributed by atoms with Gasteiger partial charge in [-0.2, -0.15) is 0 Å². The second-order valence-electron chi connectivity index (χ2n) is 4.28. The molecule has 1 nitrogen and oxygen atoms in total. The molecule has 18 heavy (non-hydrogen) atoms. The van der Waals surface area contributed by atoms with E-state index in [1.807, 2.05) is 26.0 Å². The second-order valence-corrected chi connectivity index (χ2v) is 7.49. The minimum Gasteiger partial charge on any atom is -0.491 e. The summed E-state index contributed by atoms with van der Waals surface area (Å²) in [6.45, 7) is 4.06. The van der Waals surface area contributed by atoms with Gasteiger partial charge in [0.25, 0.3) is 0 Å². The number of alkyl halides is 1. The van der Waals surface area contributed by atoms with E-state index < -0.39 is 0 Å². The Bertz CT molecular complexity index is 505. The van der Waals surface area contributed by atoms with E-state index in [1.165, 1.54) is 11.1 Å². The van der Waals surface area contributed by atoms with Gasteiger partial charge in [0.2, 0.25) is 0 Å². The van der Waals surface area contributed by atoms with Crippen molar-refractivity contribution < 1.29 is 4.74 Å². The maximum atomic E-state index is 5.64. The number of benzene rings is 1. The van der Waals surface area contributed by atoms with Gasteiger partial charge in [-0.15, -0.1) is 11.3 Å². The Balaban J connectivity index is 2.14. The summed E-state index contributed by atoms with van der Waals surface area (Å²) in [4.78, 5) is 0.230. The van der Waals surface area contributed by atoms with E-state index >= 15 is 0 Å². The highest BCUT2D eigenvalue weighted by atomic mass is 79.9. The summed E-state index contributed by atoms with van der Waals surface area (Å²) < 4.78 is 6.79. The third-order valence-corrected chi connectivity index (χ3v) is 5.00. The van der Waals surface area contributed by atoms with E-state index in [0.29, 0.717) is 0 Å². The maximum Gasteiger partial charge on any atom is 0.119 e. The molecule has 96 valence electrons. The first-order valence-electron chi connectivity index (χ1n) is 5.71. The molecule has 1 heterocycles. The van der Waals surface area contributed by atoms with Gasteiger partial charge in [0.15, 0.2) is 0 Å². The fourth-order valence-electron chi connectivity index (χ4n) is 1.64. The normalized spacial score (nSPS) is 12.7. The Morgan fingerprint density at radius 1 is 1.11 bits per heavy atom. The lowest BCUT2D eigenvalue weighted by atomic mass is 10.1. The molecule has 0 bridgehead atoms. The topological polar surface area (TPSA) is 9.23 Å². The molecular weight excluding hydrogens is 376 g/mol. The molecule has 1 aromatic carbocycles. The third kappa shape index (κ3) is 3.59. The molecule has 0 spiro atoms. The molecule has 2 rings (SSSR count). The zero-order chi connectivity index (χ0) is 13.1. The molecule has 0 radical (unpaired) electrons. The van der Waals surface area contributed by atoms with Gasteiger partial charge in [-0.05, 0) is 64.5 Å². The zero-order valence-corrected chi connectivity index (χ0v) is 14.2. The lowest BCUT2D eigenvalue weighted by Gasteiger charge is -2.12. The molecule has 0 N–H and O–H groups in total. The predicted octanol–water partition coefficient (Wildman–Crippen LogP) is 5.78. The highest BCUT2D eigenvalue weighted by Gasteiger charge is 2.12. The molecule has 0 amide bonds. The molecule has 1 unspecified atom stereocenters. The molecule has 0 saturated carbocycles. The largest absolute Gasteiger partial charge is 0.491 e. The molecule has 1 aromatic heterocycles. The number of thiophene rings is 1. The van der Waals surface area contributed by atoms with Crippen molar-refractivity contribution in [1.29, 1.82) is 0 Å². The highest BCUT2D eigenvalue weighted by Crippen LogP contribution is 2.35. The first kappa shape index (κ1) is 14.1. The minimum atomic E-state index is 0.212. The summed E-state index contributed by atoms with van der Waals surface area (Å²) >= 11 is 8.92. The lowest BCUT2D eigenvalue weighted by Crippen LogP contribution is -2.05. The van der Waals surface area contributed by atoms with Gasteiger partial charge >= 0.3 is 0 Å². The Morgan fingerprint density at radius 2 is 1.78 bits per heavy atom. The number of hydrogen-bond acceptors (Lipinski definition) is 2. The van der Waals surface area contributed by atoms with Gasteiger partial charge in [0.1, 0.15) is 5.75 Å². The van der Waals surface area contributed by atoms with E-state index in [1.54, 1.807) is 11.3 Å². The first-order chi connectivity index (χ1) is 8.56. The monoisotopic (exact) mass is 388 g/mol. The summed E-state index contributed by atoms with van der Waals surface area (Å²) in [7, 11) is 0. The van der Waals surface area contributed by atoms with E-state index in [0.717, 1.165) is 9.54 Å². The van der Waals surface area contributed by atoms with Gasteiger partial charge in [-0.1, -0.05) is 28.1 Å². The predicted molar refractivity (Wildman–Crippen MR) is 85.0 cm³/mol. The third-order valence-electron chi connectivity index (χ3n) is 2.42. The van der Waals surface area contributed by atoms with Crippen LogP contribution in [-0.4, -0.2) is 6.10 Å². The van der Waals surface area contributed by atoms with Gasteiger partial charge in [0.05, 0.1) is 14.7 Å². The Kier molecular flexibility index (Phi) is 4.87. The summed E-state index contributed by atoms with van der Waals surface area (Å²) in [6, 6.07) is 10.4. The Morgan fingerprint density at radius 3 is 2.28 bits per heavy atom. The summed E-state index contributed by atoms with van der Waals surface area (Å²) in [5.74, 6) is 0.917. The van der Waals surface area contributed by atoms with E-state index in [-0.39, 0.29) is 10.9 Å². The Hall–Kier alpha value is -0.320. The molecule has 0 aliphatic carbocycles. The minimum absolute atomic E-state index is 0.212. The average Bonchev–Trinajstić information content (AvgIpc) is 2.75. The number of halogens is 2. The van der Waals surface area contributed by atoms with Gasteiger partial charge in [0, 0.05) is 0 Å². The van der Waals surface area contributed by atoms with Crippen molar-refractivity contribution in [3.8, 4) is 5.75 Å². The van der Waals surface area contributed by atoms with Crippen LogP contribution in [0.3, 0.4) is 0 Å². The van der Waals surface area contributed by atoms with Crippen LogP contribution in [0.2, 0.25) is 0 Å². The molecule has 0 aliphatic heterocycles. The SMILES string of the molecule is CC(C)Oc1ccc(C(Br)c2csc(Br)c2)cc1. The van der Waals surface area contributed by atoms with Crippen molar-refractivity contribution in [2.24, 2.45) is 0 Å². The van der Waals surface area contributed by atoms with Crippen LogP contribution >= 0.6 is 43.2 Å². The van der Waals surface area contributed by atoms with Crippen molar-refractivity contribution in [2.75, 3.05) is 0 Å². The van der Waals surface area contributed by atoms with Crippen LogP contribution < -0.4 is 4.74 Å². The Labute approximate surface area is 128 Å². The van der Waals surface area contributed by atoms with Crippen LogP contribution in [0.4, 0.5) is 0 Å². The summed E-state index contributed by atoms with van der Waals surface area (Å²) in [5, 5.41) is 2.15. The van der Waals surface area contributed by atoms with E-state index in [9.17, 15) is 0 Å². The van der Waals surface area contributed by atoms with Gasteiger partial charge < -0.3 is 4.74 Å². The number of ether oxygens (including phenoxy) is 1. The summed E-state index contributed by atoms with van der Waals surface area (Å²) in [6.07, 6.45) is 0.212. The zero-order valence-electron chi connectivity index (χ0n) is 10.2. The van der Waals surface area contributed by atoms with Crippen LogP contribution in [0, 0.1) is 0 Å². The van der Waals surface area contributed by atoms with Crippen molar-refractivity contribution in [3.63, 3.8) is 0 Å². The summed E-state index contributed by atoms with van der Waals surface area (Å²) in [5.41, 5.74) is 2.50. The van der Waals surface area contributed by atoms with E-state index in [2.05, 4.69) is 55.4 Å². The first-order valence-corrected chi connectivity index (χ1v) is 8.29. The van der Waals surface area contributed by atoms with Crippen molar-refractivity contribution in [3.05, 3.63) is 50.6 Å². The smallest absolute Gasteiger partial charge is 0.119 e. The lowest BCUT2D eigenvalue weighted by molar-refractivity contribution is 0.242. The standard InChI is InChI=1S/C14H14Br2OS/c1-9(2)17-12-5-3-10(4-6-12)14(16)11-7-13(15)18-8-11/h3-9,14H,1-2H3. The van der Waals surface area contributed by atoms with Gasteiger partial charge in [-0.25, -0.2) is 0 Å². The average molecular weight is 390 g/mol. The van der Waals surface area contributed by atoms with Crippen LogP contribution in [0.25, 0.3) is 0 Å². The maximum absolute atomic E-state index is 5.64. The van der Waals surface area contributed by atoms with Gasteiger partial charge in [-0.3, -0.25) is 0 Å². The van der Waals surface area contributed by atoms with Crippen LogP contribution in [-0.2, 0) is 0 Å². The molecule has 4 heteroatoms. The highest BCUT2D eigenvalue weighted by molar-refractivity contribution is 9.11. The molecule has 0 aliphatic rings. The van der Waals surface area contributed by atoms with E-state index in [4.69, 9.17) is 4.74 Å².